The lowest BCUT2D eigenvalue weighted by Gasteiger charge is -2.22. The van der Waals surface area contributed by atoms with Gasteiger partial charge in [-0.1, -0.05) is 30.3 Å². The van der Waals surface area contributed by atoms with Crippen LogP contribution in [0.4, 0.5) is 4.79 Å². The first-order valence-corrected chi connectivity index (χ1v) is 6.95. The predicted molar refractivity (Wildman–Crippen MR) is 72.0 cm³/mol. The van der Waals surface area contributed by atoms with Crippen molar-refractivity contribution in [2.45, 2.75) is 12.6 Å². The second kappa shape index (κ2) is 5.81. The number of carbonyl (C=O) groups excluding carboxylic acids is 1. The molecule has 0 radical (unpaired) electrons. The number of rotatable bonds is 3. The Balaban J connectivity index is 1.60. The maximum Gasteiger partial charge on any atom is 0.410 e. The molecule has 1 N–H and O–H groups in total. The minimum absolute atomic E-state index is 0.0513. The Kier molecular flexibility index (Phi) is 3.89. The molecule has 0 spiro atoms. The Morgan fingerprint density at radius 2 is 2.15 bits per heavy atom. The number of hydrogen-bond acceptors (Lipinski definition) is 4. The number of aliphatic hydroxyl groups is 1. The molecule has 1 aromatic carbocycles. The number of fused-ring (bicyclic) bond motifs is 1. The van der Waals surface area contributed by atoms with Crippen LogP contribution in [0.2, 0.25) is 0 Å². The van der Waals surface area contributed by atoms with Crippen molar-refractivity contribution in [3.8, 4) is 0 Å². The van der Waals surface area contributed by atoms with E-state index in [4.69, 9.17) is 9.47 Å². The number of ether oxygens (including phenoxy) is 2. The monoisotopic (exact) mass is 277 g/mol. The highest BCUT2D eigenvalue weighted by atomic mass is 16.6. The van der Waals surface area contributed by atoms with Gasteiger partial charge in [0.2, 0.25) is 0 Å². The maximum absolute atomic E-state index is 12.2. The average Bonchev–Trinajstić information content (AvgIpc) is 3.07. The molecule has 0 aromatic heterocycles. The van der Waals surface area contributed by atoms with Crippen LogP contribution in [0.1, 0.15) is 5.56 Å². The van der Waals surface area contributed by atoms with E-state index >= 15 is 0 Å². The van der Waals surface area contributed by atoms with Crippen molar-refractivity contribution < 1.29 is 19.4 Å². The molecule has 2 heterocycles. The third kappa shape index (κ3) is 2.51. The van der Waals surface area contributed by atoms with Crippen LogP contribution < -0.4 is 0 Å². The van der Waals surface area contributed by atoms with Crippen LogP contribution in [0.3, 0.4) is 0 Å². The zero-order chi connectivity index (χ0) is 13.9. The van der Waals surface area contributed by atoms with Crippen molar-refractivity contribution >= 4 is 6.09 Å². The fourth-order valence-corrected chi connectivity index (χ4v) is 3.06. The summed E-state index contributed by atoms with van der Waals surface area (Å²) in [5, 5.41) is 9.39. The van der Waals surface area contributed by atoms with Crippen molar-refractivity contribution in [2.75, 3.05) is 26.4 Å². The van der Waals surface area contributed by atoms with Crippen LogP contribution in [0.25, 0.3) is 0 Å². The van der Waals surface area contributed by atoms with E-state index in [1.807, 2.05) is 30.3 Å². The van der Waals surface area contributed by atoms with Gasteiger partial charge in [-0.15, -0.1) is 0 Å². The Morgan fingerprint density at radius 3 is 2.90 bits per heavy atom. The number of amides is 1. The van der Waals surface area contributed by atoms with E-state index in [2.05, 4.69) is 0 Å². The number of likely N-dealkylation sites (tertiary alicyclic amines) is 1. The molecule has 108 valence electrons. The third-order valence-electron chi connectivity index (χ3n) is 4.20. The summed E-state index contributed by atoms with van der Waals surface area (Å²) < 4.78 is 10.8. The molecule has 0 bridgehead atoms. The lowest BCUT2D eigenvalue weighted by Crippen LogP contribution is -2.38. The molecular weight excluding hydrogens is 258 g/mol. The first-order chi connectivity index (χ1) is 9.79. The van der Waals surface area contributed by atoms with Crippen LogP contribution in [-0.4, -0.2) is 48.5 Å². The summed E-state index contributed by atoms with van der Waals surface area (Å²) in [4.78, 5) is 13.9. The molecule has 2 saturated heterocycles. The molecule has 5 heteroatoms. The van der Waals surface area contributed by atoms with Gasteiger partial charge in [0.05, 0.1) is 19.3 Å². The average molecular weight is 277 g/mol. The van der Waals surface area contributed by atoms with Crippen molar-refractivity contribution in [2.24, 2.45) is 11.8 Å². The van der Waals surface area contributed by atoms with Gasteiger partial charge in [0.25, 0.3) is 0 Å². The first-order valence-electron chi connectivity index (χ1n) is 6.95. The highest BCUT2D eigenvalue weighted by Gasteiger charge is 2.47. The van der Waals surface area contributed by atoms with Crippen LogP contribution >= 0.6 is 0 Å². The Hall–Kier alpha value is -1.59. The van der Waals surface area contributed by atoms with E-state index in [1.165, 1.54) is 0 Å². The molecule has 2 aliphatic heterocycles. The van der Waals surface area contributed by atoms with Gasteiger partial charge in [0.15, 0.2) is 0 Å². The van der Waals surface area contributed by atoms with Gasteiger partial charge >= 0.3 is 6.09 Å². The van der Waals surface area contributed by atoms with Gasteiger partial charge in [0, 0.05) is 25.0 Å². The molecule has 0 saturated carbocycles. The summed E-state index contributed by atoms with van der Waals surface area (Å²) in [7, 11) is 0. The summed E-state index contributed by atoms with van der Waals surface area (Å²) in [6.45, 7) is 2.09. The molecule has 3 rings (SSSR count). The molecule has 0 unspecified atom stereocenters. The van der Waals surface area contributed by atoms with Gasteiger partial charge in [-0.25, -0.2) is 4.79 Å². The lowest BCUT2D eigenvalue weighted by molar-refractivity contribution is 0.0779. The zero-order valence-corrected chi connectivity index (χ0v) is 11.3. The normalized spacial score (nSPS) is 28.4. The largest absolute Gasteiger partial charge is 0.445 e. The molecule has 1 amide bonds. The molecule has 3 atom stereocenters. The van der Waals surface area contributed by atoms with Crippen molar-refractivity contribution in [3.63, 3.8) is 0 Å². The van der Waals surface area contributed by atoms with Gasteiger partial charge in [-0.2, -0.15) is 0 Å². The minimum Gasteiger partial charge on any atom is -0.445 e. The van der Waals surface area contributed by atoms with E-state index in [-0.39, 0.29) is 37.2 Å². The standard InChI is InChI=1S/C15H19NO4/c17-7-12-6-16(14-10-19-9-13(12)14)15(18)20-8-11-4-2-1-3-5-11/h1-5,12-14,17H,6-10H2/t12-,13-,14-/m1/s1. The second-order valence-electron chi connectivity index (χ2n) is 5.40. The molecular formula is C15H19NO4. The molecule has 2 aliphatic rings. The number of aliphatic hydroxyl groups excluding tert-OH is 1. The van der Waals surface area contributed by atoms with E-state index in [9.17, 15) is 9.90 Å². The Morgan fingerprint density at radius 1 is 1.35 bits per heavy atom. The van der Waals surface area contributed by atoms with Crippen molar-refractivity contribution in [1.29, 1.82) is 0 Å². The van der Waals surface area contributed by atoms with E-state index in [1.54, 1.807) is 4.90 Å². The van der Waals surface area contributed by atoms with Crippen LogP contribution in [0.15, 0.2) is 30.3 Å². The van der Waals surface area contributed by atoms with Gasteiger partial charge in [-0.3, -0.25) is 0 Å². The van der Waals surface area contributed by atoms with E-state index in [0.717, 1.165) is 5.56 Å². The number of benzene rings is 1. The highest BCUT2D eigenvalue weighted by Crippen LogP contribution is 2.34. The molecule has 20 heavy (non-hydrogen) atoms. The molecule has 2 fully saturated rings. The quantitative estimate of drug-likeness (QED) is 0.903. The number of nitrogens with zero attached hydrogens (tertiary/aromatic N) is 1. The third-order valence-corrected chi connectivity index (χ3v) is 4.20. The van der Waals surface area contributed by atoms with Crippen molar-refractivity contribution in [1.82, 2.24) is 4.90 Å². The second-order valence-corrected chi connectivity index (χ2v) is 5.40. The SMILES string of the molecule is O=C(OCc1ccccc1)N1C[C@H](CO)[C@H]2COC[C@H]21. The topological polar surface area (TPSA) is 59.0 Å². The highest BCUT2D eigenvalue weighted by molar-refractivity contribution is 5.68. The molecule has 0 aliphatic carbocycles. The summed E-state index contributed by atoms with van der Waals surface area (Å²) in [6, 6.07) is 9.67. The fourth-order valence-electron chi connectivity index (χ4n) is 3.06. The van der Waals surface area contributed by atoms with Gasteiger partial charge < -0.3 is 19.5 Å². The molecule has 5 nitrogen and oxygen atoms in total. The van der Waals surface area contributed by atoms with E-state index in [0.29, 0.717) is 19.8 Å². The Bertz CT molecular complexity index is 464. The summed E-state index contributed by atoms with van der Waals surface area (Å²) in [5.74, 6) is 0.344. The predicted octanol–water partition coefficient (Wildman–Crippen LogP) is 1.26. The Labute approximate surface area is 118 Å². The smallest absolute Gasteiger partial charge is 0.410 e. The van der Waals surface area contributed by atoms with Crippen LogP contribution in [-0.2, 0) is 16.1 Å². The van der Waals surface area contributed by atoms with Gasteiger partial charge in [0.1, 0.15) is 6.61 Å². The first kappa shape index (κ1) is 13.4. The minimum atomic E-state index is -0.315. The number of carbonyl (C=O) groups is 1. The van der Waals surface area contributed by atoms with Crippen LogP contribution in [0, 0.1) is 11.8 Å². The zero-order valence-electron chi connectivity index (χ0n) is 11.3. The van der Waals surface area contributed by atoms with Crippen LogP contribution in [0.5, 0.6) is 0 Å². The summed E-state index contributed by atoms with van der Waals surface area (Å²) in [5.41, 5.74) is 0.970. The van der Waals surface area contributed by atoms with Crippen molar-refractivity contribution in [3.05, 3.63) is 35.9 Å². The maximum atomic E-state index is 12.2. The summed E-state index contributed by atoms with van der Waals surface area (Å²) in [6.07, 6.45) is -0.315. The fraction of sp³-hybridized carbons (Fsp3) is 0.533. The summed E-state index contributed by atoms with van der Waals surface area (Å²) >= 11 is 0. The van der Waals surface area contributed by atoms with Gasteiger partial charge in [-0.05, 0) is 5.56 Å². The molecule has 1 aromatic rings. The number of hydrogen-bond donors (Lipinski definition) is 1. The lowest BCUT2D eigenvalue weighted by atomic mass is 9.94. The van der Waals surface area contributed by atoms with E-state index < -0.39 is 0 Å².